The molecular weight excluding hydrogens is 374 g/mol. The monoisotopic (exact) mass is 405 g/mol. The average molecular weight is 405 g/mol. The molecule has 0 aromatic heterocycles. The van der Waals surface area contributed by atoms with Crippen molar-refractivity contribution in [2.75, 3.05) is 6.54 Å². The number of aldehydes is 1. The Hall–Kier alpha value is -2.90. The number of alkyl carbamates (subject to hydrolysis) is 1. The molecule has 1 unspecified atom stereocenters. The van der Waals surface area contributed by atoms with Crippen molar-refractivity contribution in [1.29, 1.82) is 0 Å². The first-order valence-corrected chi connectivity index (χ1v) is 9.85. The van der Waals surface area contributed by atoms with E-state index in [0.29, 0.717) is 19.1 Å². The normalized spacial score (nSPS) is 12.6. The molecule has 3 N–H and O–H groups in total. The van der Waals surface area contributed by atoms with Crippen LogP contribution in [0.2, 0.25) is 0 Å². The number of nitrogens with one attached hydrogen (secondary N) is 3. The van der Waals surface area contributed by atoms with Crippen molar-refractivity contribution in [3.05, 3.63) is 35.9 Å². The number of amides is 3. The van der Waals surface area contributed by atoms with Gasteiger partial charge in [-0.05, 0) is 24.3 Å². The molecule has 1 aromatic rings. The lowest BCUT2D eigenvalue weighted by molar-refractivity contribution is -0.128. The molecule has 29 heavy (non-hydrogen) atoms. The van der Waals surface area contributed by atoms with Gasteiger partial charge >= 0.3 is 6.09 Å². The van der Waals surface area contributed by atoms with Gasteiger partial charge in [-0.25, -0.2) is 4.79 Å². The number of ether oxygens (including phenoxy) is 1. The summed E-state index contributed by atoms with van der Waals surface area (Å²) in [7, 11) is 0. The van der Waals surface area contributed by atoms with Gasteiger partial charge in [0.15, 0.2) is 0 Å². The maximum atomic E-state index is 12.4. The predicted octanol–water partition coefficient (Wildman–Crippen LogP) is 1.93. The van der Waals surface area contributed by atoms with Gasteiger partial charge in [0.25, 0.3) is 0 Å². The Morgan fingerprint density at radius 1 is 1.10 bits per heavy atom. The molecule has 3 amide bonds. The average Bonchev–Trinajstić information content (AvgIpc) is 2.70. The van der Waals surface area contributed by atoms with E-state index in [9.17, 15) is 19.2 Å². The molecule has 0 saturated heterocycles. The van der Waals surface area contributed by atoms with E-state index in [-0.39, 0.29) is 19.1 Å². The molecule has 0 fully saturated rings. The Morgan fingerprint density at radius 3 is 2.38 bits per heavy atom. The van der Waals surface area contributed by atoms with Gasteiger partial charge in [-0.1, -0.05) is 57.5 Å². The third kappa shape index (κ3) is 10.3. The lowest BCUT2D eigenvalue weighted by Gasteiger charge is -2.20. The minimum atomic E-state index is -0.830. The van der Waals surface area contributed by atoms with Crippen LogP contribution < -0.4 is 16.0 Å². The minimum Gasteiger partial charge on any atom is -0.445 e. The molecule has 1 rings (SSSR count). The Kier molecular flexibility index (Phi) is 11.1. The molecule has 0 aliphatic carbocycles. The third-order valence-electron chi connectivity index (χ3n) is 4.06. The van der Waals surface area contributed by atoms with Gasteiger partial charge in [0, 0.05) is 0 Å². The van der Waals surface area contributed by atoms with E-state index in [4.69, 9.17) is 4.74 Å². The Morgan fingerprint density at radius 2 is 1.79 bits per heavy atom. The zero-order chi connectivity index (χ0) is 21.6. The van der Waals surface area contributed by atoms with Crippen molar-refractivity contribution in [3.63, 3.8) is 0 Å². The Bertz CT molecular complexity index is 664. The van der Waals surface area contributed by atoms with Crippen molar-refractivity contribution in [3.8, 4) is 0 Å². The molecule has 160 valence electrons. The summed E-state index contributed by atoms with van der Waals surface area (Å²) >= 11 is 0. The van der Waals surface area contributed by atoms with Crippen molar-refractivity contribution < 1.29 is 23.9 Å². The van der Waals surface area contributed by atoms with E-state index in [2.05, 4.69) is 16.0 Å². The summed E-state index contributed by atoms with van der Waals surface area (Å²) in [6.07, 6.45) is 1.65. The van der Waals surface area contributed by atoms with Crippen molar-refractivity contribution >= 4 is 24.2 Å². The molecule has 0 heterocycles. The third-order valence-corrected chi connectivity index (χ3v) is 4.06. The summed E-state index contributed by atoms with van der Waals surface area (Å²) in [5.41, 5.74) is 0.834. The number of carbonyl (C=O) groups is 4. The molecular formula is C21H31N3O5. The second-order valence-corrected chi connectivity index (χ2v) is 7.20. The van der Waals surface area contributed by atoms with Gasteiger partial charge in [0.1, 0.15) is 18.9 Å². The first-order chi connectivity index (χ1) is 13.8. The largest absolute Gasteiger partial charge is 0.445 e. The van der Waals surface area contributed by atoms with E-state index >= 15 is 0 Å². The van der Waals surface area contributed by atoms with Gasteiger partial charge in [-0.2, -0.15) is 0 Å². The van der Waals surface area contributed by atoms with Crippen LogP contribution in [0.1, 0.15) is 45.6 Å². The number of rotatable bonds is 12. The van der Waals surface area contributed by atoms with Crippen LogP contribution in [0.3, 0.4) is 0 Å². The van der Waals surface area contributed by atoms with Gasteiger partial charge < -0.3 is 25.5 Å². The number of hydrogen-bond acceptors (Lipinski definition) is 5. The molecule has 0 aliphatic heterocycles. The van der Waals surface area contributed by atoms with Gasteiger partial charge in [-0.15, -0.1) is 0 Å². The second-order valence-electron chi connectivity index (χ2n) is 7.20. The van der Waals surface area contributed by atoms with Crippen LogP contribution in [-0.2, 0) is 25.7 Å². The first-order valence-electron chi connectivity index (χ1n) is 9.85. The smallest absolute Gasteiger partial charge is 0.408 e. The van der Waals surface area contributed by atoms with Crippen LogP contribution in [0.5, 0.6) is 0 Å². The summed E-state index contributed by atoms with van der Waals surface area (Å²) in [4.78, 5) is 47.4. The van der Waals surface area contributed by atoms with Gasteiger partial charge in [-0.3, -0.25) is 9.59 Å². The summed E-state index contributed by atoms with van der Waals surface area (Å²) < 4.78 is 5.16. The van der Waals surface area contributed by atoms with Crippen molar-refractivity contribution in [2.45, 2.75) is 58.7 Å². The fourth-order valence-electron chi connectivity index (χ4n) is 2.64. The molecule has 0 bridgehead atoms. The van der Waals surface area contributed by atoms with E-state index in [0.717, 1.165) is 12.0 Å². The maximum Gasteiger partial charge on any atom is 0.408 e. The molecule has 8 nitrogen and oxygen atoms in total. The molecule has 2 atom stereocenters. The highest BCUT2D eigenvalue weighted by atomic mass is 16.5. The van der Waals surface area contributed by atoms with Crippen molar-refractivity contribution in [1.82, 2.24) is 16.0 Å². The topological polar surface area (TPSA) is 114 Å². The Labute approximate surface area is 171 Å². The first kappa shape index (κ1) is 24.1. The van der Waals surface area contributed by atoms with E-state index in [1.165, 1.54) is 0 Å². The fourth-order valence-corrected chi connectivity index (χ4v) is 2.64. The van der Waals surface area contributed by atoms with Crippen LogP contribution in [0, 0.1) is 5.92 Å². The number of carbonyl (C=O) groups excluding carboxylic acids is 4. The molecule has 0 aliphatic rings. The van der Waals surface area contributed by atoms with Crippen LogP contribution in [0.4, 0.5) is 4.79 Å². The second kappa shape index (κ2) is 13.3. The summed E-state index contributed by atoms with van der Waals surface area (Å²) in [5.74, 6) is -0.805. The summed E-state index contributed by atoms with van der Waals surface area (Å²) in [6, 6.07) is 7.80. The van der Waals surface area contributed by atoms with Crippen molar-refractivity contribution in [2.24, 2.45) is 5.92 Å². The van der Waals surface area contributed by atoms with Gasteiger partial charge in [0.2, 0.25) is 11.8 Å². The maximum absolute atomic E-state index is 12.4. The number of benzene rings is 1. The minimum absolute atomic E-state index is 0.0929. The van der Waals surface area contributed by atoms with E-state index in [1.54, 1.807) is 0 Å². The zero-order valence-corrected chi connectivity index (χ0v) is 17.3. The van der Waals surface area contributed by atoms with Crippen LogP contribution in [-0.4, -0.2) is 42.8 Å². The van der Waals surface area contributed by atoms with Crippen LogP contribution in [0.15, 0.2) is 30.3 Å². The van der Waals surface area contributed by atoms with Crippen LogP contribution >= 0.6 is 0 Å². The summed E-state index contributed by atoms with van der Waals surface area (Å²) in [6.45, 7) is 5.56. The summed E-state index contributed by atoms with van der Waals surface area (Å²) in [5, 5.41) is 7.60. The standard InChI is InChI=1S/C21H31N3O5/c1-4-8-17(13-25)23-19(26)12-22-20(27)18(11-15(2)3)24-21(28)29-14-16-9-6-5-7-10-16/h5-7,9-10,13,15,17-18H,4,8,11-12,14H2,1-3H3,(H,22,27)(H,23,26)(H,24,28)/t17-,18?/m0/s1. The van der Waals surface area contributed by atoms with Crippen LogP contribution in [0.25, 0.3) is 0 Å². The molecule has 1 aromatic carbocycles. The lowest BCUT2D eigenvalue weighted by atomic mass is 10.0. The van der Waals surface area contributed by atoms with Gasteiger partial charge in [0.05, 0.1) is 12.6 Å². The molecule has 0 radical (unpaired) electrons. The van der Waals surface area contributed by atoms with E-state index in [1.807, 2.05) is 51.1 Å². The zero-order valence-electron chi connectivity index (χ0n) is 17.3. The molecule has 0 spiro atoms. The predicted molar refractivity (Wildman–Crippen MR) is 109 cm³/mol. The fraction of sp³-hybridized carbons (Fsp3) is 0.524. The number of hydrogen-bond donors (Lipinski definition) is 3. The quantitative estimate of drug-likeness (QED) is 0.460. The molecule has 8 heteroatoms. The highest BCUT2D eigenvalue weighted by Crippen LogP contribution is 2.06. The highest BCUT2D eigenvalue weighted by Gasteiger charge is 2.23. The van der Waals surface area contributed by atoms with E-state index < -0.39 is 30.0 Å². The highest BCUT2D eigenvalue weighted by molar-refractivity contribution is 5.90. The SMILES string of the molecule is CCC[C@@H](C=O)NC(=O)CNC(=O)C(CC(C)C)NC(=O)OCc1ccccc1. The lowest BCUT2D eigenvalue weighted by Crippen LogP contribution is -2.50. The molecule has 0 saturated carbocycles. The Balaban J connectivity index is 2.53.